The van der Waals surface area contributed by atoms with Gasteiger partial charge in [0.05, 0.1) is 19.1 Å². The maximum atomic E-state index is 12.0. The average molecular weight is 288 g/mol. The van der Waals surface area contributed by atoms with Crippen LogP contribution in [0.5, 0.6) is 0 Å². The average Bonchev–Trinajstić information content (AvgIpc) is 2.73. The Morgan fingerprint density at radius 2 is 2.05 bits per heavy atom. The lowest BCUT2D eigenvalue weighted by molar-refractivity contribution is -0.124. The minimum Gasteiger partial charge on any atom is -0.375 e. The maximum absolute atomic E-state index is 12.0. The molecule has 0 aromatic heterocycles. The van der Waals surface area contributed by atoms with Crippen LogP contribution in [0.1, 0.15) is 24.8 Å². The molecule has 2 heterocycles. The third-order valence-electron chi connectivity index (χ3n) is 4.44. The molecule has 0 spiro atoms. The fourth-order valence-electron chi connectivity index (χ4n) is 3.28. The van der Waals surface area contributed by atoms with E-state index in [1.54, 1.807) is 0 Å². The fraction of sp³-hybridized carbons (Fsp3) is 0.588. The van der Waals surface area contributed by atoms with Crippen molar-refractivity contribution in [3.8, 4) is 0 Å². The predicted molar refractivity (Wildman–Crippen MR) is 81.8 cm³/mol. The third-order valence-corrected chi connectivity index (χ3v) is 4.44. The molecular formula is C17H24N2O2. The number of nitrogens with one attached hydrogen (secondary N) is 1. The molecule has 1 aromatic carbocycles. The molecule has 0 saturated carbocycles. The molecule has 2 fully saturated rings. The first-order valence-corrected chi connectivity index (χ1v) is 7.95. The highest BCUT2D eigenvalue weighted by Gasteiger charge is 2.32. The maximum Gasteiger partial charge on any atom is 0.224 e. The van der Waals surface area contributed by atoms with Crippen LogP contribution in [0.2, 0.25) is 0 Å². The normalized spacial score (nSPS) is 26.2. The van der Waals surface area contributed by atoms with E-state index >= 15 is 0 Å². The van der Waals surface area contributed by atoms with Crippen molar-refractivity contribution >= 4 is 5.91 Å². The lowest BCUT2D eigenvalue weighted by atomic mass is 9.99. The molecule has 1 aromatic rings. The number of carbonyl (C=O) groups is 1. The molecule has 4 nitrogen and oxygen atoms in total. The van der Waals surface area contributed by atoms with Crippen LogP contribution in [0.4, 0.5) is 0 Å². The summed E-state index contributed by atoms with van der Waals surface area (Å²) >= 11 is 0. The smallest absolute Gasteiger partial charge is 0.224 e. The summed E-state index contributed by atoms with van der Waals surface area (Å²) in [5.41, 5.74) is 1.21. The Balaban J connectivity index is 1.44. The van der Waals surface area contributed by atoms with Gasteiger partial charge in [-0.3, -0.25) is 9.69 Å². The minimum atomic E-state index is 0.173. The Labute approximate surface area is 126 Å². The molecule has 114 valence electrons. The van der Waals surface area contributed by atoms with E-state index in [2.05, 4.69) is 22.3 Å². The Hall–Kier alpha value is -1.39. The van der Waals surface area contributed by atoms with Crippen LogP contribution in [-0.4, -0.2) is 43.1 Å². The summed E-state index contributed by atoms with van der Waals surface area (Å²) < 4.78 is 5.77. The number of nitrogens with zero attached hydrogens (tertiary/aromatic N) is 1. The van der Waals surface area contributed by atoms with Gasteiger partial charge in [0.15, 0.2) is 0 Å². The molecule has 0 unspecified atom stereocenters. The minimum absolute atomic E-state index is 0.173. The quantitative estimate of drug-likeness (QED) is 0.840. The molecule has 2 atom stereocenters. The van der Waals surface area contributed by atoms with Crippen molar-refractivity contribution in [3.63, 3.8) is 0 Å². The van der Waals surface area contributed by atoms with Crippen LogP contribution in [0.15, 0.2) is 30.3 Å². The lowest BCUT2D eigenvalue weighted by Crippen LogP contribution is -2.40. The summed E-state index contributed by atoms with van der Waals surface area (Å²) in [7, 11) is 0. The molecule has 2 aliphatic heterocycles. The standard InChI is InChI=1S/C17H24N2O2/c20-17-15-7-4-8-16(18-17)12-19(11-15)9-10-21-13-14-5-2-1-3-6-14/h1-3,5-6,15-16H,4,7-13H2,(H,18,20)/t15-,16+/m1/s1. The summed E-state index contributed by atoms with van der Waals surface area (Å²) in [5.74, 6) is 0.428. The van der Waals surface area contributed by atoms with E-state index < -0.39 is 0 Å². The lowest BCUT2D eigenvalue weighted by Gasteiger charge is -2.27. The molecule has 21 heavy (non-hydrogen) atoms. The molecule has 1 N–H and O–H groups in total. The van der Waals surface area contributed by atoms with E-state index in [1.807, 2.05) is 18.2 Å². The monoisotopic (exact) mass is 288 g/mol. The molecule has 1 amide bonds. The Bertz CT molecular complexity index is 463. The number of amides is 1. The number of ether oxygens (including phenoxy) is 1. The number of rotatable bonds is 5. The highest BCUT2D eigenvalue weighted by atomic mass is 16.5. The Morgan fingerprint density at radius 1 is 1.19 bits per heavy atom. The number of fused-ring (bicyclic) bond motifs is 3. The topological polar surface area (TPSA) is 41.6 Å². The largest absolute Gasteiger partial charge is 0.375 e. The van der Waals surface area contributed by atoms with Crippen LogP contribution in [0.25, 0.3) is 0 Å². The van der Waals surface area contributed by atoms with Crippen LogP contribution < -0.4 is 5.32 Å². The number of hydrogen-bond donors (Lipinski definition) is 1. The first kappa shape index (κ1) is 14.5. The van der Waals surface area contributed by atoms with Gasteiger partial charge in [-0.1, -0.05) is 36.8 Å². The number of likely N-dealkylation sites (tertiary alicyclic amines) is 1. The van der Waals surface area contributed by atoms with Gasteiger partial charge >= 0.3 is 0 Å². The van der Waals surface area contributed by atoms with Gasteiger partial charge in [0.2, 0.25) is 5.91 Å². The number of hydrogen-bond acceptors (Lipinski definition) is 3. The van der Waals surface area contributed by atoms with E-state index in [0.29, 0.717) is 12.6 Å². The summed E-state index contributed by atoms with van der Waals surface area (Å²) in [5, 5.41) is 3.17. The second kappa shape index (κ2) is 7.05. The molecule has 2 saturated heterocycles. The fourth-order valence-corrected chi connectivity index (χ4v) is 3.28. The molecule has 4 heteroatoms. The van der Waals surface area contributed by atoms with E-state index in [9.17, 15) is 4.79 Å². The van der Waals surface area contributed by atoms with Crippen molar-refractivity contribution in [2.45, 2.75) is 31.9 Å². The first-order valence-electron chi connectivity index (χ1n) is 7.95. The second-order valence-corrected chi connectivity index (χ2v) is 6.13. The van der Waals surface area contributed by atoms with Crippen LogP contribution in [-0.2, 0) is 16.1 Å². The first-order chi connectivity index (χ1) is 10.3. The van der Waals surface area contributed by atoms with Gasteiger partial charge in [0, 0.05) is 25.7 Å². The molecule has 3 rings (SSSR count). The number of benzene rings is 1. The van der Waals surface area contributed by atoms with Crippen molar-refractivity contribution < 1.29 is 9.53 Å². The SMILES string of the molecule is O=C1N[C@H]2CCC[C@@H]1CN(CCOCc1ccccc1)C2. The van der Waals surface area contributed by atoms with E-state index in [0.717, 1.165) is 39.1 Å². The summed E-state index contributed by atoms with van der Waals surface area (Å²) in [6, 6.07) is 10.6. The highest BCUT2D eigenvalue weighted by molar-refractivity contribution is 5.79. The molecular weight excluding hydrogens is 264 g/mol. The van der Waals surface area contributed by atoms with E-state index in [-0.39, 0.29) is 11.8 Å². The van der Waals surface area contributed by atoms with Crippen molar-refractivity contribution in [1.82, 2.24) is 10.2 Å². The molecule has 2 aliphatic rings. The van der Waals surface area contributed by atoms with Gasteiger partial charge in [-0.15, -0.1) is 0 Å². The van der Waals surface area contributed by atoms with Gasteiger partial charge in [-0.2, -0.15) is 0 Å². The van der Waals surface area contributed by atoms with Crippen LogP contribution in [0, 0.1) is 5.92 Å². The van der Waals surface area contributed by atoms with Crippen molar-refractivity contribution in [1.29, 1.82) is 0 Å². The van der Waals surface area contributed by atoms with E-state index in [1.165, 1.54) is 12.0 Å². The zero-order valence-corrected chi connectivity index (χ0v) is 12.5. The zero-order chi connectivity index (χ0) is 14.5. The van der Waals surface area contributed by atoms with Gasteiger partial charge in [-0.05, 0) is 18.4 Å². The summed E-state index contributed by atoms with van der Waals surface area (Å²) in [6.45, 7) is 4.16. The summed E-state index contributed by atoms with van der Waals surface area (Å²) in [6.07, 6.45) is 3.32. The molecule has 2 bridgehead atoms. The molecule has 0 radical (unpaired) electrons. The van der Waals surface area contributed by atoms with Crippen LogP contribution in [0.3, 0.4) is 0 Å². The van der Waals surface area contributed by atoms with Crippen molar-refractivity contribution in [2.75, 3.05) is 26.2 Å². The Morgan fingerprint density at radius 3 is 2.90 bits per heavy atom. The van der Waals surface area contributed by atoms with Gasteiger partial charge in [0.25, 0.3) is 0 Å². The highest BCUT2D eigenvalue weighted by Crippen LogP contribution is 2.21. The van der Waals surface area contributed by atoms with Gasteiger partial charge < -0.3 is 10.1 Å². The summed E-state index contributed by atoms with van der Waals surface area (Å²) in [4.78, 5) is 14.4. The van der Waals surface area contributed by atoms with Crippen molar-refractivity contribution in [3.05, 3.63) is 35.9 Å². The molecule has 0 aliphatic carbocycles. The predicted octanol–water partition coefficient (Wildman–Crippen LogP) is 1.80. The second-order valence-electron chi connectivity index (χ2n) is 6.13. The van der Waals surface area contributed by atoms with Crippen LogP contribution >= 0.6 is 0 Å². The zero-order valence-electron chi connectivity index (χ0n) is 12.5. The number of carbonyl (C=O) groups excluding carboxylic acids is 1. The van der Waals surface area contributed by atoms with Crippen molar-refractivity contribution in [2.24, 2.45) is 5.92 Å². The van der Waals surface area contributed by atoms with Gasteiger partial charge in [-0.25, -0.2) is 0 Å². The van der Waals surface area contributed by atoms with Gasteiger partial charge in [0.1, 0.15) is 0 Å². The Kier molecular flexibility index (Phi) is 4.88. The van der Waals surface area contributed by atoms with E-state index in [4.69, 9.17) is 4.74 Å². The third kappa shape index (κ3) is 4.05.